The fourth-order valence-corrected chi connectivity index (χ4v) is 3.40. The SMILES string of the molecule is C[n+]1c2ccccc2c(C(=O)O)c2cc(-c3ccc(F)cc3F)ccc21. The molecule has 26 heavy (non-hydrogen) atoms. The molecule has 0 saturated carbocycles. The Bertz CT molecular complexity index is 1200. The zero-order valence-corrected chi connectivity index (χ0v) is 13.8. The molecule has 3 aromatic carbocycles. The van der Waals surface area contributed by atoms with Gasteiger partial charge < -0.3 is 5.11 Å². The van der Waals surface area contributed by atoms with Gasteiger partial charge >= 0.3 is 5.97 Å². The number of rotatable bonds is 2. The summed E-state index contributed by atoms with van der Waals surface area (Å²) >= 11 is 0. The fourth-order valence-electron chi connectivity index (χ4n) is 3.40. The molecule has 0 fully saturated rings. The van der Waals surface area contributed by atoms with Gasteiger partial charge in [0.05, 0.1) is 16.3 Å². The molecular formula is C21H14F2NO2+. The second-order valence-electron chi connectivity index (χ2n) is 6.11. The highest BCUT2D eigenvalue weighted by atomic mass is 19.1. The minimum atomic E-state index is -1.05. The van der Waals surface area contributed by atoms with E-state index in [0.29, 0.717) is 21.9 Å². The molecule has 0 amide bonds. The smallest absolute Gasteiger partial charge is 0.337 e. The van der Waals surface area contributed by atoms with E-state index in [2.05, 4.69) is 0 Å². The van der Waals surface area contributed by atoms with Crippen molar-refractivity contribution >= 4 is 27.8 Å². The summed E-state index contributed by atoms with van der Waals surface area (Å²) in [6, 6.07) is 15.7. The molecule has 1 aromatic heterocycles. The van der Waals surface area contributed by atoms with Gasteiger partial charge in [-0.05, 0) is 35.9 Å². The average molecular weight is 350 g/mol. The summed E-state index contributed by atoms with van der Waals surface area (Å²) in [7, 11) is 1.86. The lowest BCUT2D eigenvalue weighted by Gasteiger charge is -2.09. The predicted octanol–water partition coefficient (Wildman–Crippen LogP) is 4.46. The lowest BCUT2D eigenvalue weighted by Crippen LogP contribution is -2.31. The van der Waals surface area contributed by atoms with Gasteiger partial charge in [-0.25, -0.2) is 13.6 Å². The summed E-state index contributed by atoms with van der Waals surface area (Å²) in [5, 5.41) is 10.9. The minimum Gasteiger partial charge on any atom is -0.478 e. The quantitative estimate of drug-likeness (QED) is 0.428. The lowest BCUT2D eigenvalue weighted by molar-refractivity contribution is -0.617. The van der Waals surface area contributed by atoms with E-state index < -0.39 is 17.6 Å². The van der Waals surface area contributed by atoms with E-state index in [1.165, 1.54) is 12.1 Å². The zero-order chi connectivity index (χ0) is 18.4. The number of carbonyl (C=O) groups is 1. The Morgan fingerprint density at radius 3 is 2.38 bits per heavy atom. The van der Waals surface area contributed by atoms with Crippen LogP contribution in [-0.2, 0) is 7.05 Å². The van der Waals surface area contributed by atoms with Crippen molar-refractivity contribution in [3.8, 4) is 11.1 Å². The number of hydrogen-bond acceptors (Lipinski definition) is 1. The number of aromatic carboxylic acids is 1. The van der Waals surface area contributed by atoms with Crippen LogP contribution in [0.1, 0.15) is 10.4 Å². The molecule has 0 aliphatic carbocycles. The Morgan fingerprint density at radius 2 is 1.65 bits per heavy atom. The van der Waals surface area contributed by atoms with Crippen LogP contribution < -0.4 is 4.57 Å². The molecule has 0 aliphatic rings. The van der Waals surface area contributed by atoms with Crippen LogP contribution in [0.15, 0.2) is 60.7 Å². The first kappa shape index (κ1) is 16.1. The molecule has 3 nitrogen and oxygen atoms in total. The second-order valence-corrected chi connectivity index (χ2v) is 6.11. The second kappa shape index (κ2) is 5.88. The molecule has 1 N–H and O–H groups in total. The molecular weight excluding hydrogens is 336 g/mol. The summed E-state index contributed by atoms with van der Waals surface area (Å²) in [5.41, 5.74) is 2.39. The van der Waals surface area contributed by atoms with Crippen molar-refractivity contribution in [1.29, 1.82) is 0 Å². The summed E-state index contributed by atoms with van der Waals surface area (Å²) in [5.74, 6) is -2.40. The number of halogens is 2. The summed E-state index contributed by atoms with van der Waals surface area (Å²) < 4.78 is 29.3. The van der Waals surface area contributed by atoms with Crippen molar-refractivity contribution in [2.24, 2.45) is 7.05 Å². The zero-order valence-electron chi connectivity index (χ0n) is 13.8. The van der Waals surface area contributed by atoms with Crippen molar-refractivity contribution in [3.63, 3.8) is 0 Å². The van der Waals surface area contributed by atoms with Gasteiger partial charge in [0, 0.05) is 23.8 Å². The first-order chi connectivity index (χ1) is 12.5. The van der Waals surface area contributed by atoms with Crippen LogP contribution in [0.5, 0.6) is 0 Å². The number of fused-ring (bicyclic) bond motifs is 2. The molecule has 4 rings (SSSR count). The van der Waals surface area contributed by atoms with Crippen LogP contribution in [0.25, 0.3) is 32.9 Å². The van der Waals surface area contributed by atoms with Gasteiger partial charge in [0.1, 0.15) is 18.7 Å². The van der Waals surface area contributed by atoms with E-state index in [-0.39, 0.29) is 11.1 Å². The maximum atomic E-state index is 14.2. The highest BCUT2D eigenvalue weighted by molar-refractivity contribution is 6.12. The molecule has 0 spiro atoms. The largest absolute Gasteiger partial charge is 0.478 e. The Balaban J connectivity index is 2.11. The van der Waals surface area contributed by atoms with Crippen LogP contribution in [0.4, 0.5) is 8.78 Å². The van der Waals surface area contributed by atoms with Crippen molar-refractivity contribution in [2.45, 2.75) is 0 Å². The number of hydrogen-bond donors (Lipinski definition) is 1. The summed E-state index contributed by atoms with van der Waals surface area (Å²) in [6.45, 7) is 0. The van der Waals surface area contributed by atoms with Gasteiger partial charge in [0.25, 0.3) is 0 Å². The molecule has 4 aromatic rings. The van der Waals surface area contributed by atoms with Gasteiger partial charge in [0.2, 0.25) is 11.0 Å². The minimum absolute atomic E-state index is 0.165. The maximum absolute atomic E-state index is 14.2. The molecule has 0 radical (unpaired) electrons. The normalized spacial score (nSPS) is 11.2. The van der Waals surface area contributed by atoms with Crippen molar-refractivity contribution in [2.75, 3.05) is 0 Å². The van der Waals surface area contributed by atoms with Crippen LogP contribution in [0, 0.1) is 11.6 Å². The number of benzene rings is 3. The van der Waals surface area contributed by atoms with Crippen LogP contribution >= 0.6 is 0 Å². The third-order valence-electron chi connectivity index (χ3n) is 4.62. The van der Waals surface area contributed by atoms with Gasteiger partial charge in [0.15, 0.2) is 0 Å². The van der Waals surface area contributed by atoms with Gasteiger partial charge in [-0.2, -0.15) is 4.57 Å². The highest BCUT2D eigenvalue weighted by Gasteiger charge is 2.22. The van der Waals surface area contributed by atoms with E-state index >= 15 is 0 Å². The van der Waals surface area contributed by atoms with Gasteiger partial charge in [-0.15, -0.1) is 0 Å². The lowest BCUT2D eigenvalue weighted by atomic mass is 9.97. The topological polar surface area (TPSA) is 41.2 Å². The molecule has 128 valence electrons. The maximum Gasteiger partial charge on any atom is 0.337 e. The number of nitrogens with zero attached hydrogens (tertiary/aromatic N) is 1. The van der Waals surface area contributed by atoms with Crippen molar-refractivity contribution in [3.05, 3.63) is 77.9 Å². The van der Waals surface area contributed by atoms with Crippen molar-refractivity contribution < 1.29 is 23.2 Å². The van der Waals surface area contributed by atoms with Crippen LogP contribution in [-0.4, -0.2) is 11.1 Å². The number of aromatic nitrogens is 1. The summed E-state index contributed by atoms with van der Waals surface area (Å²) in [4.78, 5) is 12.0. The summed E-state index contributed by atoms with van der Waals surface area (Å²) in [6.07, 6.45) is 0. The third-order valence-corrected chi connectivity index (χ3v) is 4.62. The Labute approximate surface area is 147 Å². The Kier molecular flexibility index (Phi) is 3.65. The number of para-hydroxylation sites is 1. The number of carboxylic acids is 1. The van der Waals surface area contributed by atoms with E-state index in [1.807, 2.05) is 23.7 Å². The molecule has 0 saturated heterocycles. The molecule has 0 unspecified atom stereocenters. The van der Waals surface area contributed by atoms with E-state index in [0.717, 1.165) is 11.6 Å². The predicted molar refractivity (Wildman–Crippen MR) is 94.9 cm³/mol. The Morgan fingerprint density at radius 1 is 0.923 bits per heavy atom. The number of pyridine rings is 1. The molecule has 0 aliphatic heterocycles. The van der Waals surface area contributed by atoms with E-state index in [9.17, 15) is 18.7 Å². The van der Waals surface area contributed by atoms with Crippen LogP contribution in [0.2, 0.25) is 0 Å². The first-order valence-electron chi connectivity index (χ1n) is 8.00. The highest BCUT2D eigenvalue weighted by Crippen LogP contribution is 2.30. The van der Waals surface area contributed by atoms with E-state index in [1.54, 1.807) is 30.3 Å². The third kappa shape index (κ3) is 2.40. The standard InChI is InChI=1S/C21H13F2NO2/c1-24-18-5-3-2-4-15(18)20(21(25)26)16-10-12(6-9-19(16)24)14-8-7-13(22)11-17(14)23/h2-11H,1H3/p+1. The van der Waals surface area contributed by atoms with Crippen molar-refractivity contribution in [1.82, 2.24) is 0 Å². The fraction of sp³-hybridized carbons (Fsp3) is 0.0476. The van der Waals surface area contributed by atoms with E-state index in [4.69, 9.17) is 0 Å². The van der Waals surface area contributed by atoms with Gasteiger partial charge in [-0.3, -0.25) is 0 Å². The Hall–Kier alpha value is -3.34. The number of aryl methyl sites for hydroxylation is 1. The average Bonchev–Trinajstić information content (AvgIpc) is 2.61. The monoisotopic (exact) mass is 350 g/mol. The van der Waals surface area contributed by atoms with Crippen LogP contribution in [0.3, 0.4) is 0 Å². The number of carboxylic acid groups (broad SMARTS) is 1. The molecule has 5 heteroatoms. The molecule has 0 atom stereocenters. The molecule has 0 bridgehead atoms. The van der Waals surface area contributed by atoms with Gasteiger partial charge in [-0.1, -0.05) is 12.1 Å². The molecule has 1 heterocycles. The first-order valence-corrected chi connectivity index (χ1v) is 8.00.